The highest BCUT2D eigenvalue weighted by Gasteiger charge is 2.16. The summed E-state index contributed by atoms with van der Waals surface area (Å²) < 4.78 is 1.91. The normalized spacial score (nSPS) is 13.1. The average molecular weight is 263 g/mol. The van der Waals surface area contributed by atoms with Crippen LogP contribution < -0.4 is 0 Å². The Kier molecular flexibility index (Phi) is 2.37. The van der Waals surface area contributed by atoms with Crippen LogP contribution in [0.25, 0.3) is 16.6 Å². The van der Waals surface area contributed by atoms with Crippen LogP contribution in [0.4, 0.5) is 0 Å². The molecular formula is C16H13N3O. The fourth-order valence-electron chi connectivity index (χ4n) is 2.59. The third kappa shape index (κ3) is 1.62. The molecule has 4 heteroatoms. The lowest BCUT2D eigenvalue weighted by Crippen LogP contribution is -2.00. The van der Waals surface area contributed by atoms with E-state index in [1.54, 1.807) is 0 Å². The third-order valence-electron chi connectivity index (χ3n) is 3.59. The van der Waals surface area contributed by atoms with E-state index in [0.717, 1.165) is 22.1 Å². The predicted molar refractivity (Wildman–Crippen MR) is 77.6 cm³/mol. The number of hydrogen-bond acceptors (Lipinski definition) is 2. The van der Waals surface area contributed by atoms with Crippen LogP contribution in [0.5, 0.6) is 0 Å². The van der Waals surface area contributed by atoms with Crippen molar-refractivity contribution >= 4 is 16.6 Å². The molecular weight excluding hydrogens is 250 g/mol. The zero-order valence-electron chi connectivity index (χ0n) is 10.7. The van der Waals surface area contributed by atoms with Gasteiger partial charge in [0.1, 0.15) is 11.8 Å². The van der Waals surface area contributed by atoms with Crippen molar-refractivity contribution in [3.05, 3.63) is 72.3 Å². The molecule has 0 amide bonds. The molecule has 1 atom stereocenters. The van der Waals surface area contributed by atoms with Gasteiger partial charge in [-0.3, -0.25) is 0 Å². The number of H-pyrrole nitrogens is 1. The van der Waals surface area contributed by atoms with Crippen molar-refractivity contribution in [1.29, 1.82) is 0 Å². The zero-order valence-corrected chi connectivity index (χ0v) is 10.7. The van der Waals surface area contributed by atoms with Gasteiger partial charge in [0.15, 0.2) is 0 Å². The highest BCUT2D eigenvalue weighted by Crippen LogP contribution is 2.28. The number of pyridine rings is 1. The quantitative estimate of drug-likeness (QED) is 0.584. The second-order valence-electron chi connectivity index (χ2n) is 4.82. The first-order chi connectivity index (χ1) is 9.83. The average Bonchev–Trinajstić information content (AvgIpc) is 3.12. The van der Waals surface area contributed by atoms with E-state index in [-0.39, 0.29) is 0 Å². The molecule has 0 saturated heterocycles. The summed E-state index contributed by atoms with van der Waals surface area (Å²) in [6.45, 7) is 0. The first-order valence-corrected chi connectivity index (χ1v) is 6.50. The molecule has 4 aromatic rings. The molecule has 20 heavy (non-hydrogen) atoms. The van der Waals surface area contributed by atoms with Gasteiger partial charge in [0.2, 0.25) is 0 Å². The smallest absolute Gasteiger partial charge is 0.137 e. The summed E-state index contributed by atoms with van der Waals surface area (Å²) >= 11 is 0. The molecule has 4 nitrogen and oxygen atoms in total. The molecule has 0 aliphatic heterocycles. The number of aromatic nitrogens is 3. The van der Waals surface area contributed by atoms with Crippen molar-refractivity contribution in [3.8, 4) is 0 Å². The van der Waals surface area contributed by atoms with Crippen LogP contribution in [-0.4, -0.2) is 19.5 Å². The topological polar surface area (TPSA) is 53.3 Å². The lowest BCUT2D eigenvalue weighted by atomic mass is 10.0. The maximum atomic E-state index is 10.6. The molecule has 0 aliphatic rings. The number of imidazole rings is 1. The van der Waals surface area contributed by atoms with Gasteiger partial charge in [-0.15, -0.1) is 0 Å². The summed E-state index contributed by atoms with van der Waals surface area (Å²) in [6, 6.07) is 13.6. The van der Waals surface area contributed by atoms with Crippen molar-refractivity contribution in [1.82, 2.24) is 14.4 Å². The molecule has 0 bridgehead atoms. The minimum Gasteiger partial charge on any atom is -0.382 e. The van der Waals surface area contributed by atoms with E-state index in [2.05, 4.69) is 9.97 Å². The molecule has 0 radical (unpaired) electrons. The fraction of sp³-hybridized carbons (Fsp3) is 0.0625. The summed E-state index contributed by atoms with van der Waals surface area (Å²) in [7, 11) is 0. The van der Waals surface area contributed by atoms with E-state index in [9.17, 15) is 5.11 Å². The minimum absolute atomic E-state index is 0.657. The maximum Gasteiger partial charge on any atom is 0.137 e. The molecule has 3 aromatic heterocycles. The van der Waals surface area contributed by atoms with E-state index in [1.807, 2.05) is 65.5 Å². The van der Waals surface area contributed by atoms with Crippen LogP contribution in [0.1, 0.15) is 17.4 Å². The van der Waals surface area contributed by atoms with Crippen molar-refractivity contribution in [2.75, 3.05) is 0 Å². The van der Waals surface area contributed by atoms with Crippen LogP contribution >= 0.6 is 0 Å². The van der Waals surface area contributed by atoms with Crippen molar-refractivity contribution in [3.63, 3.8) is 0 Å². The number of aliphatic hydroxyl groups is 1. The second kappa shape index (κ2) is 4.21. The zero-order chi connectivity index (χ0) is 13.5. The standard InChI is InChI=1S/C16H13N3O/c20-16(12-4-3-5-13-11(12)7-8-17-13)14-10-19-9-2-1-6-15(19)18-14/h1-10,16-17,20H. The number of aliphatic hydroxyl groups excluding tert-OH is 1. The number of rotatable bonds is 2. The largest absolute Gasteiger partial charge is 0.382 e. The predicted octanol–water partition coefficient (Wildman–Crippen LogP) is 2.90. The van der Waals surface area contributed by atoms with Gasteiger partial charge in [-0.1, -0.05) is 18.2 Å². The Morgan fingerprint density at radius 2 is 2.05 bits per heavy atom. The number of hydrogen-bond donors (Lipinski definition) is 2. The Balaban J connectivity index is 1.87. The van der Waals surface area contributed by atoms with Gasteiger partial charge in [-0.2, -0.15) is 0 Å². The summed E-state index contributed by atoms with van der Waals surface area (Å²) in [5, 5.41) is 11.6. The molecule has 0 saturated carbocycles. The van der Waals surface area contributed by atoms with Crippen molar-refractivity contribution < 1.29 is 5.11 Å². The minimum atomic E-state index is -0.727. The van der Waals surface area contributed by atoms with Crippen molar-refractivity contribution in [2.45, 2.75) is 6.10 Å². The van der Waals surface area contributed by atoms with E-state index >= 15 is 0 Å². The van der Waals surface area contributed by atoms with Crippen molar-refractivity contribution in [2.24, 2.45) is 0 Å². The van der Waals surface area contributed by atoms with E-state index in [0.29, 0.717) is 5.69 Å². The Morgan fingerprint density at radius 1 is 1.10 bits per heavy atom. The first-order valence-electron chi connectivity index (χ1n) is 6.50. The van der Waals surface area contributed by atoms with Gasteiger partial charge in [0.25, 0.3) is 0 Å². The van der Waals surface area contributed by atoms with Crippen LogP contribution in [0.2, 0.25) is 0 Å². The molecule has 0 fully saturated rings. The van der Waals surface area contributed by atoms with Gasteiger partial charge >= 0.3 is 0 Å². The van der Waals surface area contributed by atoms with Crippen LogP contribution in [-0.2, 0) is 0 Å². The number of fused-ring (bicyclic) bond motifs is 2. The summed E-state index contributed by atoms with van der Waals surface area (Å²) in [5.41, 5.74) is 3.38. The van der Waals surface area contributed by atoms with Crippen LogP contribution in [0, 0.1) is 0 Å². The molecule has 1 aromatic carbocycles. The molecule has 0 spiro atoms. The summed E-state index contributed by atoms with van der Waals surface area (Å²) in [5.74, 6) is 0. The van der Waals surface area contributed by atoms with E-state index in [4.69, 9.17) is 0 Å². The third-order valence-corrected chi connectivity index (χ3v) is 3.59. The van der Waals surface area contributed by atoms with E-state index in [1.165, 1.54) is 0 Å². The number of nitrogens with zero attached hydrogens (tertiary/aromatic N) is 2. The van der Waals surface area contributed by atoms with Gasteiger partial charge in [0.05, 0.1) is 5.69 Å². The second-order valence-corrected chi connectivity index (χ2v) is 4.82. The van der Waals surface area contributed by atoms with Gasteiger partial charge in [-0.25, -0.2) is 4.98 Å². The Morgan fingerprint density at radius 3 is 2.95 bits per heavy atom. The molecule has 1 unspecified atom stereocenters. The Hall–Kier alpha value is -2.59. The molecule has 0 aliphatic carbocycles. The Bertz CT molecular complexity index is 858. The van der Waals surface area contributed by atoms with Gasteiger partial charge in [0, 0.05) is 29.5 Å². The van der Waals surface area contributed by atoms with E-state index < -0.39 is 6.10 Å². The fourth-order valence-corrected chi connectivity index (χ4v) is 2.59. The van der Waals surface area contributed by atoms with Crippen LogP contribution in [0.15, 0.2) is 61.1 Å². The molecule has 4 rings (SSSR count). The van der Waals surface area contributed by atoms with Gasteiger partial charge < -0.3 is 14.5 Å². The highest BCUT2D eigenvalue weighted by atomic mass is 16.3. The van der Waals surface area contributed by atoms with Crippen LogP contribution in [0.3, 0.4) is 0 Å². The summed E-state index contributed by atoms with van der Waals surface area (Å²) in [6.07, 6.45) is 4.94. The molecule has 2 N–H and O–H groups in total. The SMILES string of the molecule is OC(c1cn2ccccc2n1)c1cccc2[nH]ccc12. The molecule has 98 valence electrons. The number of nitrogens with one attached hydrogen (secondary N) is 1. The number of aromatic amines is 1. The monoisotopic (exact) mass is 263 g/mol. The highest BCUT2D eigenvalue weighted by molar-refractivity contribution is 5.83. The lowest BCUT2D eigenvalue weighted by molar-refractivity contribution is 0.217. The lowest BCUT2D eigenvalue weighted by Gasteiger charge is -2.09. The van der Waals surface area contributed by atoms with Gasteiger partial charge in [-0.05, 0) is 29.8 Å². The number of benzene rings is 1. The first kappa shape index (κ1) is 11.3. The summed E-state index contributed by atoms with van der Waals surface area (Å²) in [4.78, 5) is 7.64. The maximum absolute atomic E-state index is 10.6. The Labute approximate surface area is 115 Å². The molecule has 3 heterocycles.